The highest BCUT2D eigenvalue weighted by Crippen LogP contribution is 2.17. The van der Waals surface area contributed by atoms with Crippen LogP contribution in [0.3, 0.4) is 0 Å². The number of halogens is 1. The first-order chi connectivity index (χ1) is 14.5. The predicted molar refractivity (Wildman–Crippen MR) is 131 cm³/mol. The number of furan rings is 1. The largest absolute Gasteiger partial charge is 0.459 e. The zero-order chi connectivity index (χ0) is 21.5. The summed E-state index contributed by atoms with van der Waals surface area (Å²) in [6, 6.07) is 2.05. The Bertz CT molecular complexity index is 875. The average Bonchev–Trinajstić information content (AvgIpc) is 3.33. The van der Waals surface area contributed by atoms with Gasteiger partial charge in [-0.1, -0.05) is 13.8 Å². The van der Waals surface area contributed by atoms with Crippen molar-refractivity contribution in [2.75, 3.05) is 19.6 Å². The molecule has 0 saturated carbocycles. The molecule has 1 aliphatic rings. The summed E-state index contributed by atoms with van der Waals surface area (Å²) < 4.78 is 7.23. The summed E-state index contributed by atoms with van der Waals surface area (Å²) in [7, 11) is 0. The minimum atomic E-state index is -0.182. The number of aryl methyl sites for hydroxylation is 2. The van der Waals surface area contributed by atoms with Gasteiger partial charge in [0.1, 0.15) is 5.82 Å². The molecule has 1 atom stereocenters. The summed E-state index contributed by atoms with van der Waals surface area (Å²) in [6.07, 6.45) is 4.19. The number of carbonyl (C=O) groups excluding carboxylic acids is 1. The number of hydrogen-bond acceptors (Lipinski definition) is 5. The van der Waals surface area contributed by atoms with E-state index in [0.717, 1.165) is 55.5 Å². The minimum absolute atomic E-state index is 0. The van der Waals surface area contributed by atoms with Crippen LogP contribution in [0.2, 0.25) is 0 Å². The number of aliphatic imine (C=N–C) groups is 1. The van der Waals surface area contributed by atoms with Crippen molar-refractivity contribution >= 4 is 35.8 Å². The zero-order valence-corrected chi connectivity index (χ0v) is 21.1. The third-order valence-electron chi connectivity index (χ3n) is 5.03. The molecule has 2 aromatic rings. The van der Waals surface area contributed by atoms with Crippen molar-refractivity contribution in [1.82, 2.24) is 30.7 Å². The molecule has 172 valence electrons. The quantitative estimate of drug-likeness (QED) is 0.205. The van der Waals surface area contributed by atoms with E-state index in [4.69, 9.17) is 4.42 Å². The van der Waals surface area contributed by atoms with Crippen LogP contribution in [0.5, 0.6) is 0 Å². The molecule has 9 nitrogen and oxygen atoms in total. The fourth-order valence-electron chi connectivity index (χ4n) is 3.36. The highest BCUT2D eigenvalue weighted by Gasteiger charge is 2.23. The number of guanidine groups is 1. The van der Waals surface area contributed by atoms with Gasteiger partial charge in [-0.05, 0) is 32.8 Å². The molecule has 3 N–H and O–H groups in total. The van der Waals surface area contributed by atoms with Gasteiger partial charge in [0.25, 0.3) is 5.91 Å². The van der Waals surface area contributed by atoms with Crippen LogP contribution < -0.4 is 16.0 Å². The van der Waals surface area contributed by atoms with Gasteiger partial charge >= 0.3 is 0 Å². The Morgan fingerprint density at radius 1 is 1.39 bits per heavy atom. The Labute approximate surface area is 200 Å². The molecule has 0 aromatic carbocycles. The summed E-state index contributed by atoms with van der Waals surface area (Å²) in [5.74, 6) is 3.31. The van der Waals surface area contributed by atoms with E-state index in [2.05, 4.69) is 51.8 Å². The van der Waals surface area contributed by atoms with Gasteiger partial charge in [-0.25, -0.2) is 9.67 Å². The first-order valence-corrected chi connectivity index (χ1v) is 10.8. The average molecular weight is 543 g/mol. The van der Waals surface area contributed by atoms with E-state index < -0.39 is 0 Å². The lowest BCUT2D eigenvalue weighted by atomic mass is 10.1. The number of carbonyl (C=O) groups is 1. The molecule has 2 aromatic heterocycles. The van der Waals surface area contributed by atoms with E-state index in [1.54, 1.807) is 6.07 Å². The molecule has 3 heterocycles. The van der Waals surface area contributed by atoms with Crippen LogP contribution in [-0.4, -0.2) is 52.3 Å². The van der Waals surface area contributed by atoms with Gasteiger partial charge in [0.15, 0.2) is 17.5 Å². The maximum absolute atomic E-state index is 12.1. The number of rotatable bonds is 8. The third-order valence-corrected chi connectivity index (χ3v) is 5.03. The Morgan fingerprint density at radius 2 is 2.19 bits per heavy atom. The Kier molecular flexibility index (Phi) is 9.79. The van der Waals surface area contributed by atoms with Crippen molar-refractivity contribution in [2.24, 2.45) is 4.99 Å². The molecular weight excluding hydrogens is 509 g/mol. The molecule has 0 fully saturated rings. The second-order valence-electron chi connectivity index (χ2n) is 7.91. The van der Waals surface area contributed by atoms with Gasteiger partial charge in [-0.15, -0.1) is 24.0 Å². The smallest absolute Gasteiger partial charge is 0.287 e. The maximum atomic E-state index is 12.1. The van der Waals surface area contributed by atoms with E-state index in [-0.39, 0.29) is 35.9 Å². The Hall–Kier alpha value is -2.11. The fourth-order valence-corrected chi connectivity index (χ4v) is 3.36. The molecule has 3 rings (SSSR count). The van der Waals surface area contributed by atoms with Crippen molar-refractivity contribution in [3.8, 4) is 0 Å². The van der Waals surface area contributed by atoms with Crippen LogP contribution in [0, 0.1) is 6.92 Å². The standard InChI is InChI=1S/C21H33N7O2.HI/c1-5-22-21(24-11-6-10-23-20(29)18-15(4)9-12-30-18)25-16-7-8-17-26-19(14(2)3)27-28(17)13-16;/h9,12,14,16H,5-8,10-11,13H2,1-4H3,(H,23,29)(H2,22,24,25);1H. The lowest BCUT2D eigenvalue weighted by Gasteiger charge is -2.25. The second kappa shape index (κ2) is 12.1. The van der Waals surface area contributed by atoms with Crippen molar-refractivity contribution in [3.05, 3.63) is 35.3 Å². The first-order valence-electron chi connectivity index (χ1n) is 10.8. The molecule has 0 aliphatic carbocycles. The molecule has 10 heteroatoms. The molecule has 31 heavy (non-hydrogen) atoms. The summed E-state index contributed by atoms with van der Waals surface area (Å²) in [5.41, 5.74) is 0.840. The number of nitrogens with one attached hydrogen (secondary N) is 3. The van der Waals surface area contributed by atoms with Gasteiger partial charge in [-0.3, -0.25) is 9.79 Å². The summed E-state index contributed by atoms with van der Waals surface area (Å²) in [5, 5.41) is 14.3. The predicted octanol–water partition coefficient (Wildman–Crippen LogP) is 2.61. The van der Waals surface area contributed by atoms with Gasteiger partial charge in [0.05, 0.1) is 12.8 Å². The van der Waals surface area contributed by atoms with Crippen LogP contribution in [-0.2, 0) is 13.0 Å². The lowest BCUT2D eigenvalue weighted by molar-refractivity contribution is 0.0925. The van der Waals surface area contributed by atoms with Crippen molar-refractivity contribution in [1.29, 1.82) is 0 Å². The molecule has 1 aliphatic heterocycles. The van der Waals surface area contributed by atoms with Crippen LogP contribution in [0.15, 0.2) is 21.7 Å². The molecular formula is C21H34IN7O2. The van der Waals surface area contributed by atoms with E-state index in [1.807, 2.05) is 11.6 Å². The Morgan fingerprint density at radius 3 is 2.87 bits per heavy atom. The minimum Gasteiger partial charge on any atom is -0.459 e. The van der Waals surface area contributed by atoms with Gasteiger partial charge in [0.2, 0.25) is 0 Å². The van der Waals surface area contributed by atoms with Gasteiger partial charge in [0, 0.05) is 43.6 Å². The first kappa shape index (κ1) is 25.2. The van der Waals surface area contributed by atoms with Gasteiger partial charge in [-0.2, -0.15) is 5.10 Å². The molecule has 1 amide bonds. The second-order valence-corrected chi connectivity index (χ2v) is 7.91. The fraction of sp³-hybridized carbons (Fsp3) is 0.619. The SMILES string of the molecule is CCNC(=NCCCNC(=O)c1occc1C)NC1CCc2nc(C(C)C)nn2C1.I. The van der Waals surface area contributed by atoms with E-state index in [9.17, 15) is 4.79 Å². The molecule has 0 saturated heterocycles. The van der Waals surface area contributed by atoms with Crippen LogP contribution in [0.1, 0.15) is 67.3 Å². The zero-order valence-electron chi connectivity index (χ0n) is 18.8. The summed E-state index contributed by atoms with van der Waals surface area (Å²) in [6.45, 7) is 10.9. The molecule has 1 unspecified atom stereocenters. The maximum Gasteiger partial charge on any atom is 0.287 e. The van der Waals surface area contributed by atoms with Gasteiger partial charge < -0.3 is 20.4 Å². The highest BCUT2D eigenvalue weighted by molar-refractivity contribution is 14.0. The van der Waals surface area contributed by atoms with Crippen LogP contribution in [0.25, 0.3) is 0 Å². The van der Waals surface area contributed by atoms with Crippen molar-refractivity contribution in [3.63, 3.8) is 0 Å². The number of fused-ring (bicyclic) bond motifs is 1. The lowest BCUT2D eigenvalue weighted by Crippen LogP contribution is -2.47. The highest BCUT2D eigenvalue weighted by atomic mass is 127. The summed E-state index contributed by atoms with van der Waals surface area (Å²) in [4.78, 5) is 21.3. The van der Waals surface area contributed by atoms with Crippen molar-refractivity contribution in [2.45, 2.75) is 65.5 Å². The molecule has 0 spiro atoms. The normalized spacial score (nSPS) is 15.9. The summed E-state index contributed by atoms with van der Waals surface area (Å²) >= 11 is 0. The monoisotopic (exact) mass is 543 g/mol. The number of amides is 1. The number of nitrogens with zero attached hydrogens (tertiary/aromatic N) is 4. The molecule has 0 radical (unpaired) electrons. The van der Waals surface area contributed by atoms with E-state index in [1.165, 1.54) is 6.26 Å². The van der Waals surface area contributed by atoms with Crippen LogP contribution in [0.4, 0.5) is 0 Å². The topological polar surface area (TPSA) is 109 Å². The third kappa shape index (κ3) is 6.94. The number of hydrogen-bond donors (Lipinski definition) is 3. The van der Waals surface area contributed by atoms with E-state index in [0.29, 0.717) is 24.8 Å². The van der Waals surface area contributed by atoms with Crippen LogP contribution >= 0.6 is 24.0 Å². The molecule has 0 bridgehead atoms. The number of aromatic nitrogens is 3. The Balaban J connectivity index is 0.00000341. The van der Waals surface area contributed by atoms with E-state index >= 15 is 0 Å². The van der Waals surface area contributed by atoms with Crippen molar-refractivity contribution < 1.29 is 9.21 Å².